The number of anilines is 1. The molecule has 3 aromatic rings. The maximum Gasteiger partial charge on any atom is 0.270 e. The average molecular weight is 396 g/mol. The zero-order chi connectivity index (χ0) is 20.1. The largest absolute Gasteiger partial charge is 0.308 e. The summed E-state index contributed by atoms with van der Waals surface area (Å²) < 4.78 is 1.02. The van der Waals surface area contributed by atoms with Gasteiger partial charge in [0.25, 0.3) is 11.6 Å². The van der Waals surface area contributed by atoms with Gasteiger partial charge in [-0.1, -0.05) is 35.6 Å². The van der Waals surface area contributed by atoms with E-state index in [1.54, 1.807) is 23.1 Å². The minimum Gasteiger partial charge on any atom is -0.308 e. The van der Waals surface area contributed by atoms with Gasteiger partial charge in [0.2, 0.25) is 0 Å². The van der Waals surface area contributed by atoms with Crippen molar-refractivity contribution >= 4 is 44.4 Å². The Morgan fingerprint density at radius 2 is 1.96 bits per heavy atom. The van der Waals surface area contributed by atoms with E-state index >= 15 is 0 Å². The number of hydrogen-bond donors (Lipinski definition) is 0. The van der Waals surface area contributed by atoms with Crippen molar-refractivity contribution in [2.24, 2.45) is 0 Å². The van der Waals surface area contributed by atoms with Gasteiger partial charge in [-0.05, 0) is 37.9 Å². The van der Waals surface area contributed by atoms with Gasteiger partial charge in [-0.3, -0.25) is 19.8 Å². The van der Waals surface area contributed by atoms with E-state index in [0.717, 1.165) is 10.2 Å². The molecule has 2 aromatic carbocycles. The van der Waals surface area contributed by atoms with E-state index in [9.17, 15) is 14.9 Å². The van der Waals surface area contributed by atoms with E-state index in [0.29, 0.717) is 23.8 Å². The van der Waals surface area contributed by atoms with Crippen LogP contribution in [0.2, 0.25) is 0 Å². The summed E-state index contributed by atoms with van der Waals surface area (Å²) in [6.45, 7) is 1.18. The number of carbonyl (C=O) groups is 1. The third kappa shape index (κ3) is 4.79. The number of fused-ring (bicyclic) bond motifs is 1. The number of nitro groups is 1. The molecule has 28 heavy (non-hydrogen) atoms. The number of likely N-dealkylation sites (N-methyl/N-ethyl adjacent to an activating group) is 1. The molecule has 144 valence electrons. The molecule has 1 amide bonds. The molecule has 0 saturated carbocycles. The first kappa shape index (κ1) is 19.7. The molecule has 0 unspecified atom stereocenters. The molecule has 0 radical (unpaired) electrons. The van der Waals surface area contributed by atoms with Crippen molar-refractivity contribution in [1.29, 1.82) is 0 Å². The van der Waals surface area contributed by atoms with Crippen molar-refractivity contribution < 1.29 is 9.72 Å². The molecule has 7 nitrogen and oxygen atoms in total. The van der Waals surface area contributed by atoms with E-state index in [1.807, 2.05) is 43.3 Å². The number of amides is 1. The highest BCUT2D eigenvalue weighted by molar-refractivity contribution is 7.22. The third-order valence-electron chi connectivity index (χ3n) is 4.05. The molecule has 8 heteroatoms. The van der Waals surface area contributed by atoms with E-state index < -0.39 is 4.92 Å². The predicted molar refractivity (Wildman–Crippen MR) is 113 cm³/mol. The first-order valence-corrected chi connectivity index (χ1v) is 9.50. The Kier molecular flexibility index (Phi) is 6.13. The first-order valence-electron chi connectivity index (χ1n) is 8.68. The van der Waals surface area contributed by atoms with Crippen molar-refractivity contribution in [3.63, 3.8) is 0 Å². The summed E-state index contributed by atoms with van der Waals surface area (Å²) in [5.41, 5.74) is 1.44. The smallest absolute Gasteiger partial charge is 0.270 e. The van der Waals surface area contributed by atoms with Crippen molar-refractivity contribution in [2.75, 3.05) is 32.1 Å². The van der Waals surface area contributed by atoms with Crippen LogP contribution in [0.25, 0.3) is 16.3 Å². The van der Waals surface area contributed by atoms with Gasteiger partial charge in [0.05, 0.1) is 15.1 Å². The number of carbonyl (C=O) groups excluding carboxylic acids is 1. The maximum atomic E-state index is 12.9. The Bertz CT molecular complexity index is 996. The van der Waals surface area contributed by atoms with E-state index in [2.05, 4.69) is 4.98 Å². The Hall–Kier alpha value is -3.10. The Balaban J connectivity index is 1.85. The predicted octanol–water partition coefficient (Wildman–Crippen LogP) is 3.81. The summed E-state index contributed by atoms with van der Waals surface area (Å²) in [7, 11) is 3.89. The molecule has 1 aromatic heterocycles. The summed E-state index contributed by atoms with van der Waals surface area (Å²) in [5, 5.41) is 11.5. The fourth-order valence-electron chi connectivity index (χ4n) is 2.58. The number of para-hydroxylation sites is 1. The van der Waals surface area contributed by atoms with Crippen molar-refractivity contribution in [1.82, 2.24) is 9.88 Å². The van der Waals surface area contributed by atoms with Crippen LogP contribution in [0.3, 0.4) is 0 Å². The van der Waals surface area contributed by atoms with Gasteiger partial charge < -0.3 is 4.90 Å². The summed E-state index contributed by atoms with van der Waals surface area (Å²) in [6, 6.07) is 13.9. The molecule has 0 atom stereocenters. The average Bonchev–Trinajstić information content (AvgIpc) is 3.10. The zero-order valence-corrected chi connectivity index (χ0v) is 16.4. The lowest BCUT2D eigenvalue weighted by Crippen LogP contribution is -2.35. The van der Waals surface area contributed by atoms with Gasteiger partial charge in [-0.2, -0.15) is 0 Å². The number of benzene rings is 2. The van der Waals surface area contributed by atoms with Gasteiger partial charge >= 0.3 is 0 Å². The van der Waals surface area contributed by atoms with E-state index in [4.69, 9.17) is 0 Å². The van der Waals surface area contributed by atoms with Gasteiger partial charge in [0.15, 0.2) is 5.13 Å². The number of aromatic nitrogens is 1. The van der Waals surface area contributed by atoms with Crippen LogP contribution in [0.15, 0.2) is 54.6 Å². The van der Waals surface area contributed by atoms with Gasteiger partial charge in [0.1, 0.15) is 0 Å². The summed E-state index contributed by atoms with van der Waals surface area (Å²) >= 11 is 1.47. The third-order valence-corrected chi connectivity index (χ3v) is 5.11. The Morgan fingerprint density at radius 3 is 2.68 bits per heavy atom. The maximum absolute atomic E-state index is 12.9. The van der Waals surface area contributed by atoms with Crippen LogP contribution in [-0.4, -0.2) is 47.9 Å². The van der Waals surface area contributed by atoms with Crippen LogP contribution in [-0.2, 0) is 4.79 Å². The highest BCUT2D eigenvalue weighted by Crippen LogP contribution is 2.28. The van der Waals surface area contributed by atoms with Crippen LogP contribution in [0.1, 0.15) is 5.56 Å². The molecular formula is C20H20N4O3S. The number of hydrogen-bond acceptors (Lipinski definition) is 6. The Labute approximate surface area is 166 Å². The molecular weight excluding hydrogens is 376 g/mol. The van der Waals surface area contributed by atoms with Gasteiger partial charge in [0, 0.05) is 31.3 Å². The fourth-order valence-corrected chi connectivity index (χ4v) is 3.57. The van der Waals surface area contributed by atoms with Crippen LogP contribution in [0, 0.1) is 10.1 Å². The number of thiazole rings is 1. The monoisotopic (exact) mass is 396 g/mol. The zero-order valence-electron chi connectivity index (χ0n) is 15.6. The standard InChI is InChI=1S/C20H20N4O3S/c1-22(2)12-13-23(20-21-17-8-3-4-9-18(17)28-20)19(25)11-10-15-6-5-7-16(14-15)24(26)27/h3-11,14H,12-13H2,1-2H3/b11-10+. The number of nitrogens with zero attached hydrogens (tertiary/aromatic N) is 4. The molecule has 0 saturated heterocycles. The van der Waals surface area contributed by atoms with Crippen LogP contribution in [0.4, 0.5) is 10.8 Å². The molecule has 1 heterocycles. The second-order valence-corrected chi connectivity index (χ2v) is 7.45. The Morgan fingerprint density at radius 1 is 1.18 bits per heavy atom. The van der Waals surface area contributed by atoms with Crippen LogP contribution in [0.5, 0.6) is 0 Å². The minimum absolute atomic E-state index is 0.00904. The van der Waals surface area contributed by atoms with Crippen LogP contribution >= 0.6 is 11.3 Å². The first-order chi connectivity index (χ1) is 13.4. The quantitative estimate of drug-likeness (QED) is 0.345. The number of rotatable bonds is 7. The summed E-state index contributed by atoms with van der Waals surface area (Å²) in [4.78, 5) is 31.6. The lowest BCUT2D eigenvalue weighted by atomic mass is 10.2. The van der Waals surface area contributed by atoms with Crippen molar-refractivity contribution in [3.05, 3.63) is 70.3 Å². The minimum atomic E-state index is -0.455. The van der Waals surface area contributed by atoms with E-state index in [-0.39, 0.29) is 11.6 Å². The summed E-state index contributed by atoms with van der Waals surface area (Å²) in [6.07, 6.45) is 3.02. The van der Waals surface area contributed by atoms with Crippen molar-refractivity contribution in [2.45, 2.75) is 0 Å². The fraction of sp³-hybridized carbons (Fsp3) is 0.200. The van der Waals surface area contributed by atoms with Crippen molar-refractivity contribution in [3.8, 4) is 0 Å². The normalized spacial score (nSPS) is 11.4. The van der Waals surface area contributed by atoms with Gasteiger partial charge in [-0.15, -0.1) is 0 Å². The molecule has 0 N–H and O–H groups in total. The highest BCUT2D eigenvalue weighted by Gasteiger charge is 2.18. The van der Waals surface area contributed by atoms with Crippen LogP contribution < -0.4 is 4.90 Å². The molecule has 0 bridgehead atoms. The topological polar surface area (TPSA) is 79.6 Å². The lowest BCUT2D eigenvalue weighted by molar-refractivity contribution is -0.384. The second kappa shape index (κ2) is 8.73. The van der Waals surface area contributed by atoms with E-state index in [1.165, 1.54) is 29.5 Å². The highest BCUT2D eigenvalue weighted by atomic mass is 32.1. The number of nitro benzene ring substituents is 1. The lowest BCUT2D eigenvalue weighted by Gasteiger charge is -2.20. The molecule has 3 rings (SSSR count). The van der Waals surface area contributed by atoms with Gasteiger partial charge in [-0.25, -0.2) is 4.98 Å². The molecule has 0 spiro atoms. The molecule has 0 aliphatic rings. The second-order valence-electron chi connectivity index (χ2n) is 6.44. The molecule has 0 fully saturated rings. The SMILES string of the molecule is CN(C)CCN(C(=O)/C=C/c1cccc([N+](=O)[O-])c1)c1nc2ccccc2s1. The summed E-state index contributed by atoms with van der Waals surface area (Å²) in [5.74, 6) is -0.215. The molecule has 0 aliphatic carbocycles. The number of non-ortho nitro benzene ring substituents is 1. The molecule has 0 aliphatic heterocycles.